The zero-order valence-electron chi connectivity index (χ0n) is 8.89. The van der Waals surface area contributed by atoms with Crippen molar-refractivity contribution in [3.63, 3.8) is 0 Å². The molecule has 1 aromatic heterocycles. The number of tetrazole rings is 1. The number of nitriles is 1. The summed E-state index contributed by atoms with van der Waals surface area (Å²) in [6, 6.07) is 6.42. The predicted octanol–water partition coefficient (Wildman–Crippen LogP) is 1.88. The highest BCUT2D eigenvalue weighted by atomic mass is 19.4. The highest BCUT2D eigenvalue weighted by molar-refractivity contribution is 5.55. The zero-order chi connectivity index (χ0) is 13.2. The summed E-state index contributed by atoms with van der Waals surface area (Å²) < 4.78 is 37.5. The van der Waals surface area contributed by atoms with Crippen LogP contribution in [0.15, 0.2) is 24.3 Å². The Kier molecular flexibility index (Phi) is 2.97. The van der Waals surface area contributed by atoms with Crippen LogP contribution >= 0.6 is 0 Å². The molecule has 0 aliphatic rings. The van der Waals surface area contributed by atoms with Crippen molar-refractivity contribution in [3.05, 3.63) is 29.8 Å². The third-order valence-electron chi connectivity index (χ3n) is 2.11. The summed E-state index contributed by atoms with van der Waals surface area (Å²) in [5, 5.41) is 19.4. The SMILES string of the molecule is N#CCn1nnc(-c2cccc(C(F)(F)F)c2)n1. The van der Waals surface area contributed by atoms with Crippen LogP contribution in [0.25, 0.3) is 11.4 Å². The van der Waals surface area contributed by atoms with E-state index in [-0.39, 0.29) is 17.9 Å². The number of aromatic nitrogens is 4. The smallest absolute Gasteiger partial charge is 0.196 e. The van der Waals surface area contributed by atoms with Crippen molar-refractivity contribution in [3.8, 4) is 17.5 Å². The maximum atomic E-state index is 12.5. The first-order chi connectivity index (χ1) is 8.50. The largest absolute Gasteiger partial charge is 0.416 e. The lowest BCUT2D eigenvalue weighted by molar-refractivity contribution is -0.137. The number of hydrogen-bond donors (Lipinski definition) is 0. The lowest BCUT2D eigenvalue weighted by atomic mass is 10.1. The van der Waals surface area contributed by atoms with Crippen LogP contribution < -0.4 is 0 Å². The van der Waals surface area contributed by atoms with E-state index in [0.29, 0.717) is 0 Å². The second-order valence-electron chi connectivity index (χ2n) is 3.38. The Morgan fingerprint density at radius 2 is 2.11 bits per heavy atom. The summed E-state index contributed by atoms with van der Waals surface area (Å²) in [7, 11) is 0. The second kappa shape index (κ2) is 4.44. The van der Waals surface area contributed by atoms with Gasteiger partial charge < -0.3 is 0 Å². The minimum absolute atomic E-state index is 0.0522. The quantitative estimate of drug-likeness (QED) is 0.819. The average molecular weight is 253 g/mol. The third kappa shape index (κ3) is 2.45. The number of alkyl halides is 3. The first kappa shape index (κ1) is 12.0. The van der Waals surface area contributed by atoms with Crippen molar-refractivity contribution in [2.45, 2.75) is 12.7 Å². The highest BCUT2D eigenvalue weighted by Gasteiger charge is 2.30. The van der Waals surface area contributed by atoms with Gasteiger partial charge in [-0.05, 0) is 17.3 Å². The van der Waals surface area contributed by atoms with E-state index in [9.17, 15) is 13.2 Å². The van der Waals surface area contributed by atoms with Gasteiger partial charge in [-0.15, -0.1) is 15.0 Å². The maximum Gasteiger partial charge on any atom is 0.416 e. The fourth-order valence-electron chi connectivity index (χ4n) is 1.32. The molecule has 0 N–H and O–H groups in total. The molecule has 5 nitrogen and oxygen atoms in total. The van der Waals surface area contributed by atoms with Crippen LogP contribution in [0.3, 0.4) is 0 Å². The van der Waals surface area contributed by atoms with Crippen LogP contribution in [0, 0.1) is 11.3 Å². The molecule has 1 heterocycles. The van der Waals surface area contributed by atoms with Gasteiger partial charge in [-0.1, -0.05) is 12.1 Å². The molecule has 18 heavy (non-hydrogen) atoms. The van der Waals surface area contributed by atoms with Crippen LogP contribution in [-0.4, -0.2) is 20.2 Å². The molecule has 0 bridgehead atoms. The van der Waals surface area contributed by atoms with Crippen LogP contribution in [0.5, 0.6) is 0 Å². The Labute approximate surface area is 99.5 Å². The number of nitrogens with zero attached hydrogens (tertiary/aromatic N) is 5. The minimum atomic E-state index is -4.42. The molecule has 2 aromatic rings. The van der Waals surface area contributed by atoms with E-state index in [0.717, 1.165) is 16.9 Å². The molecule has 0 radical (unpaired) electrons. The van der Waals surface area contributed by atoms with E-state index in [2.05, 4.69) is 15.4 Å². The molecule has 0 spiro atoms. The van der Waals surface area contributed by atoms with Gasteiger partial charge in [-0.3, -0.25) is 0 Å². The molecule has 0 saturated heterocycles. The molecular formula is C10H6F3N5. The molecule has 8 heteroatoms. The van der Waals surface area contributed by atoms with Gasteiger partial charge in [0.1, 0.15) is 6.54 Å². The van der Waals surface area contributed by atoms with Gasteiger partial charge in [-0.25, -0.2) is 0 Å². The Bertz CT molecular complexity index is 596. The zero-order valence-corrected chi connectivity index (χ0v) is 8.89. The van der Waals surface area contributed by atoms with Gasteiger partial charge in [0, 0.05) is 5.56 Å². The Morgan fingerprint density at radius 3 is 2.78 bits per heavy atom. The van der Waals surface area contributed by atoms with E-state index < -0.39 is 11.7 Å². The van der Waals surface area contributed by atoms with Crippen molar-refractivity contribution in [1.82, 2.24) is 20.2 Å². The Balaban J connectivity index is 2.36. The van der Waals surface area contributed by atoms with Crippen LogP contribution in [-0.2, 0) is 12.7 Å². The molecule has 92 valence electrons. The summed E-state index contributed by atoms with van der Waals surface area (Å²) in [6.45, 7) is -0.105. The standard InChI is InChI=1S/C10H6F3N5/c11-10(12,13)8-3-1-2-7(6-8)9-15-17-18(16-9)5-4-14/h1-3,6H,5H2. The number of hydrogen-bond acceptors (Lipinski definition) is 4. The second-order valence-corrected chi connectivity index (χ2v) is 3.38. The van der Waals surface area contributed by atoms with Crippen molar-refractivity contribution in [1.29, 1.82) is 5.26 Å². The molecule has 0 aliphatic heterocycles. The molecule has 0 atom stereocenters. The summed E-state index contributed by atoms with van der Waals surface area (Å²) in [4.78, 5) is 1.01. The van der Waals surface area contributed by atoms with E-state index in [1.807, 2.05) is 0 Å². The van der Waals surface area contributed by atoms with Gasteiger partial charge in [0.25, 0.3) is 0 Å². The fraction of sp³-hybridized carbons (Fsp3) is 0.200. The van der Waals surface area contributed by atoms with Crippen molar-refractivity contribution < 1.29 is 13.2 Å². The minimum Gasteiger partial charge on any atom is -0.196 e. The molecule has 1 aromatic carbocycles. The summed E-state index contributed by atoms with van der Waals surface area (Å²) >= 11 is 0. The Hall–Kier alpha value is -2.43. The molecule has 0 unspecified atom stereocenters. The monoisotopic (exact) mass is 253 g/mol. The average Bonchev–Trinajstić information content (AvgIpc) is 2.77. The summed E-state index contributed by atoms with van der Waals surface area (Å²) in [5.74, 6) is 0.0522. The molecule has 0 fully saturated rings. The lowest BCUT2D eigenvalue weighted by Gasteiger charge is -2.06. The van der Waals surface area contributed by atoms with Crippen LogP contribution in [0.1, 0.15) is 5.56 Å². The lowest BCUT2D eigenvalue weighted by Crippen LogP contribution is -2.04. The molecular weight excluding hydrogens is 247 g/mol. The van der Waals surface area contributed by atoms with Gasteiger partial charge in [0.05, 0.1) is 11.6 Å². The first-order valence-corrected chi connectivity index (χ1v) is 4.83. The normalized spacial score (nSPS) is 11.2. The summed E-state index contributed by atoms with van der Waals surface area (Å²) in [6.07, 6.45) is -4.42. The van der Waals surface area contributed by atoms with E-state index in [1.165, 1.54) is 12.1 Å². The van der Waals surface area contributed by atoms with E-state index >= 15 is 0 Å². The van der Waals surface area contributed by atoms with Gasteiger partial charge in [-0.2, -0.15) is 18.4 Å². The molecule has 0 saturated carbocycles. The van der Waals surface area contributed by atoms with Crippen LogP contribution in [0.4, 0.5) is 13.2 Å². The molecule has 0 aliphatic carbocycles. The van der Waals surface area contributed by atoms with Gasteiger partial charge in [0.2, 0.25) is 5.82 Å². The number of halogens is 3. The molecule has 2 rings (SSSR count). The molecule has 0 amide bonds. The van der Waals surface area contributed by atoms with Crippen molar-refractivity contribution in [2.24, 2.45) is 0 Å². The highest BCUT2D eigenvalue weighted by Crippen LogP contribution is 2.31. The number of rotatable bonds is 2. The third-order valence-corrected chi connectivity index (χ3v) is 2.11. The maximum absolute atomic E-state index is 12.5. The Morgan fingerprint density at radius 1 is 1.33 bits per heavy atom. The topological polar surface area (TPSA) is 67.4 Å². The van der Waals surface area contributed by atoms with Crippen molar-refractivity contribution >= 4 is 0 Å². The van der Waals surface area contributed by atoms with Crippen molar-refractivity contribution in [2.75, 3.05) is 0 Å². The van der Waals surface area contributed by atoms with Gasteiger partial charge >= 0.3 is 6.18 Å². The van der Waals surface area contributed by atoms with Gasteiger partial charge in [0.15, 0.2) is 0 Å². The van der Waals surface area contributed by atoms with Crippen LogP contribution in [0.2, 0.25) is 0 Å². The number of benzene rings is 1. The summed E-state index contributed by atoms with van der Waals surface area (Å²) in [5.41, 5.74) is -0.578. The fourth-order valence-corrected chi connectivity index (χ4v) is 1.32. The van der Waals surface area contributed by atoms with E-state index in [1.54, 1.807) is 6.07 Å². The predicted molar refractivity (Wildman–Crippen MR) is 53.9 cm³/mol. The first-order valence-electron chi connectivity index (χ1n) is 4.83. The van der Waals surface area contributed by atoms with E-state index in [4.69, 9.17) is 5.26 Å².